The summed E-state index contributed by atoms with van der Waals surface area (Å²) in [6.45, 7) is 4.51. The minimum Gasteiger partial charge on any atom is -0.466 e. The first-order valence-electron chi connectivity index (χ1n) is 7.43. The predicted molar refractivity (Wildman–Crippen MR) is 89.7 cm³/mol. The van der Waals surface area contributed by atoms with Crippen molar-refractivity contribution < 1.29 is 18.3 Å². The van der Waals surface area contributed by atoms with Crippen LogP contribution in [0.15, 0.2) is 33.7 Å². The molecule has 1 amide bonds. The van der Waals surface area contributed by atoms with Crippen molar-refractivity contribution in [2.75, 3.05) is 13.7 Å². The number of nitrogens with zero attached hydrogens (tertiary/aromatic N) is 2. The molecule has 0 saturated carbocycles. The first-order valence-corrected chi connectivity index (χ1v) is 8.25. The Morgan fingerprint density at radius 3 is 2.83 bits per heavy atom. The van der Waals surface area contributed by atoms with E-state index in [1.807, 2.05) is 4.57 Å². The van der Waals surface area contributed by atoms with Crippen molar-refractivity contribution >= 4 is 27.5 Å². The molecule has 0 radical (unpaired) electrons. The first kappa shape index (κ1) is 16.6. The van der Waals surface area contributed by atoms with E-state index in [0.717, 1.165) is 10.2 Å². The van der Waals surface area contributed by atoms with Crippen LogP contribution in [-0.4, -0.2) is 24.2 Å². The molecule has 1 aromatic carbocycles. The second kappa shape index (κ2) is 6.70. The Morgan fingerprint density at radius 2 is 2.17 bits per heavy atom. The third-order valence-corrected chi connectivity index (χ3v) is 4.67. The van der Waals surface area contributed by atoms with Crippen LogP contribution < -0.4 is 4.80 Å². The van der Waals surface area contributed by atoms with E-state index >= 15 is 0 Å². The van der Waals surface area contributed by atoms with E-state index in [-0.39, 0.29) is 11.7 Å². The zero-order valence-electron chi connectivity index (χ0n) is 13.6. The van der Waals surface area contributed by atoms with Crippen LogP contribution in [0.4, 0.5) is 4.39 Å². The number of methoxy groups -OCH3 is 1. The minimum absolute atomic E-state index is 0.318. The quantitative estimate of drug-likeness (QED) is 0.726. The van der Waals surface area contributed by atoms with Crippen molar-refractivity contribution in [3.8, 4) is 0 Å². The highest BCUT2D eigenvalue weighted by Gasteiger charge is 2.14. The van der Waals surface area contributed by atoms with Gasteiger partial charge < -0.3 is 13.7 Å². The van der Waals surface area contributed by atoms with Gasteiger partial charge in [-0.25, -0.2) is 4.39 Å². The van der Waals surface area contributed by atoms with Gasteiger partial charge in [-0.3, -0.25) is 4.79 Å². The van der Waals surface area contributed by atoms with E-state index in [1.54, 1.807) is 33.1 Å². The van der Waals surface area contributed by atoms with E-state index in [9.17, 15) is 9.18 Å². The molecule has 5 nitrogen and oxygen atoms in total. The molecule has 0 spiro atoms. The standard InChI is InChI=1S/C17H17FN2O3S/c1-10-8-13(11(2)23-10)16(21)19-17-20(6-7-22-3)14-5-4-12(18)9-15(14)24-17/h4-5,8-9H,6-7H2,1-3H3. The van der Waals surface area contributed by atoms with Gasteiger partial charge in [0.2, 0.25) is 0 Å². The van der Waals surface area contributed by atoms with E-state index < -0.39 is 0 Å². The lowest BCUT2D eigenvalue weighted by atomic mass is 10.2. The molecule has 3 aromatic rings. The van der Waals surface area contributed by atoms with Gasteiger partial charge in [-0.05, 0) is 38.1 Å². The zero-order valence-corrected chi connectivity index (χ0v) is 14.4. The van der Waals surface area contributed by atoms with Crippen molar-refractivity contribution in [1.82, 2.24) is 4.57 Å². The number of amides is 1. The number of rotatable bonds is 4. The molecule has 2 heterocycles. The summed E-state index contributed by atoms with van der Waals surface area (Å²) in [6, 6.07) is 6.20. The Morgan fingerprint density at radius 1 is 1.38 bits per heavy atom. The molecule has 0 bridgehead atoms. The van der Waals surface area contributed by atoms with E-state index in [0.29, 0.717) is 35.0 Å². The van der Waals surface area contributed by atoms with Gasteiger partial charge in [-0.2, -0.15) is 4.99 Å². The van der Waals surface area contributed by atoms with Gasteiger partial charge in [0.05, 0.1) is 22.4 Å². The lowest BCUT2D eigenvalue weighted by Crippen LogP contribution is -2.19. The van der Waals surface area contributed by atoms with Gasteiger partial charge in [0.15, 0.2) is 4.80 Å². The predicted octanol–water partition coefficient (Wildman–Crippen LogP) is 3.44. The van der Waals surface area contributed by atoms with Crippen molar-refractivity contribution in [3.63, 3.8) is 0 Å². The summed E-state index contributed by atoms with van der Waals surface area (Å²) in [6.07, 6.45) is 0. The first-order chi connectivity index (χ1) is 11.5. The van der Waals surface area contributed by atoms with Crippen molar-refractivity contribution in [3.05, 3.63) is 52.0 Å². The number of benzene rings is 1. The normalized spacial score (nSPS) is 12.2. The minimum atomic E-state index is -0.373. The molecule has 0 aliphatic heterocycles. The SMILES string of the molecule is COCCn1c(=NC(=O)c2cc(C)oc2C)sc2cc(F)ccc21. The lowest BCUT2D eigenvalue weighted by molar-refractivity contribution is 0.0996. The number of halogens is 1. The van der Waals surface area contributed by atoms with Gasteiger partial charge in [-0.1, -0.05) is 11.3 Å². The van der Waals surface area contributed by atoms with E-state index in [2.05, 4.69) is 4.99 Å². The second-order valence-electron chi connectivity index (χ2n) is 5.38. The number of carbonyl (C=O) groups is 1. The molecule has 3 rings (SSSR count). The average Bonchev–Trinajstić information content (AvgIpc) is 3.04. The van der Waals surface area contributed by atoms with Gasteiger partial charge in [0.1, 0.15) is 17.3 Å². The monoisotopic (exact) mass is 348 g/mol. The summed E-state index contributed by atoms with van der Waals surface area (Å²) >= 11 is 1.27. The molecular formula is C17H17FN2O3S. The summed E-state index contributed by atoms with van der Waals surface area (Å²) in [5.74, 6) is 0.512. The second-order valence-corrected chi connectivity index (χ2v) is 6.39. The number of carbonyl (C=O) groups excluding carboxylic acids is 1. The van der Waals surface area contributed by atoms with E-state index in [1.165, 1.54) is 23.5 Å². The Balaban J connectivity index is 2.13. The van der Waals surface area contributed by atoms with E-state index in [4.69, 9.17) is 9.15 Å². The Bertz CT molecular complexity index is 968. The molecule has 0 unspecified atom stereocenters. The van der Waals surface area contributed by atoms with Crippen molar-refractivity contribution in [2.24, 2.45) is 4.99 Å². The number of furan rings is 1. The molecule has 0 saturated heterocycles. The maximum Gasteiger partial charge on any atom is 0.283 e. The number of hydrogen-bond acceptors (Lipinski definition) is 4. The van der Waals surface area contributed by atoms with Crippen LogP contribution in [-0.2, 0) is 11.3 Å². The largest absolute Gasteiger partial charge is 0.466 e. The molecule has 2 aromatic heterocycles. The number of hydrogen-bond donors (Lipinski definition) is 0. The highest BCUT2D eigenvalue weighted by Crippen LogP contribution is 2.19. The van der Waals surface area contributed by atoms with Gasteiger partial charge in [0.25, 0.3) is 5.91 Å². The summed E-state index contributed by atoms with van der Waals surface area (Å²) in [5, 5.41) is 0. The summed E-state index contributed by atoms with van der Waals surface area (Å²) in [4.78, 5) is 17.2. The fourth-order valence-electron chi connectivity index (χ4n) is 2.52. The van der Waals surface area contributed by atoms with Crippen LogP contribution in [0.3, 0.4) is 0 Å². The summed E-state index contributed by atoms with van der Waals surface area (Å²) < 4.78 is 26.6. The van der Waals surface area contributed by atoms with Crippen LogP contribution in [0, 0.1) is 19.7 Å². The fourth-order valence-corrected chi connectivity index (χ4v) is 3.60. The van der Waals surface area contributed by atoms with Crippen LogP contribution in [0.1, 0.15) is 21.9 Å². The van der Waals surface area contributed by atoms with Crippen molar-refractivity contribution in [2.45, 2.75) is 20.4 Å². The lowest BCUT2D eigenvalue weighted by Gasteiger charge is -2.04. The van der Waals surface area contributed by atoms with Gasteiger partial charge in [0, 0.05) is 13.7 Å². The maximum absolute atomic E-state index is 13.5. The van der Waals surface area contributed by atoms with Crippen molar-refractivity contribution in [1.29, 1.82) is 0 Å². The molecule has 0 N–H and O–H groups in total. The zero-order chi connectivity index (χ0) is 17.3. The third-order valence-electron chi connectivity index (χ3n) is 3.63. The number of ether oxygens (including phenoxy) is 1. The topological polar surface area (TPSA) is 56.7 Å². The van der Waals surface area contributed by atoms with Crippen LogP contribution in [0.25, 0.3) is 10.2 Å². The third kappa shape index (κ3) is 3.18. The van der Waals surface area contributed by atoms with Gasteiger partial charge in [-0.15, -0.1) is 0 Å². The molecule has 0 fully saturated rings. The number of aryl methyl sites for hydroxylation is 2. The summed E-state index contributed by atoms with van der Waals surface area (Å²) in [5.41, 5.74) is 1.26. The summed E-state index contributed by atoms with van der Waals surface area (Å²) in [7, 11) is 1.61. The fraction of sp³-hybridized carbons (Fsp3) is 0.294. The Kier molecular flexibility index (Phi) is 4.64. The van der Waals surface area contributed by atoms with Crippen LogP contribution >= 0.6 is 11.3 Å². The molecular weight excluding hydrogens is 331 g/mol. The molecule has 0 aliphatic rings. The van der Waals surface area contributed by atoms with Crippen LogP contribution in [0.5, 0.6) is 0 Å². The van der Waals surface area contributed by atoms with Crippen LogP contribution in [0.2, 0.25) is 0 Å². The molecule has 0 aliphatic carbocycles. The van der Waals surface area contributed by atoms with Gasteiger partial charge >= 0.3 is 0 Å². The number of aromatic nitrogens is 1. The highest BCUT2D eigenvalue weighted by molar-refractivity contribution is 7.16. The maximum atomic E-state index is 13.5. The Hall–Kier alpha value is -2.25. The highest BCUT2D eigenvalue weighted by atomic mass is 32.1. The molecule has 126 valence electrons. The molecule has 24 heavy (non-hydrogen) atoms. The molecule has 0 atom stereocenters. The number of fused-ring (bicyclic) bond motifs is 1. The smallest absolute Gasteiger partial charge is 0.283 e. The Labute approximate surface area is 142 Å². The average molecular weight is 348 g/mol. The molecule has 7 heteroatoms. The number of thiazole rings is 1.